The summed E-state index contributed by atoms with van der Waals surface area (Å²) in [4.78, 5) is 0. The van der Waals surface area contributed by atoms with Gasteiger partial charge < -0.3 is 15.4 Å². The quantitative estimate of drug-likeness (QED) is 0.504. The minimum absolute atomic E-state index is 0.661. The molecule has 0 aliphatic carbocycles. The molecular formula is C7H10N2O. The first kappa shape index (κ1) is 5.80. The molecule has 2 heterocycles. The lowest BCUT2D eigenvalue weighted by molar-refractivity contribution is 0.303. The Bertz CT molecular complexity index is 188. The Morgan fingerprint density at radius 3 is 3.20 bits per heavy atom. The zero-order valence-corrected chi connectivity index (χ0v) is 5.74. The maximum absolute atomic E-state index is 5.28. The molecule has 10 heavy (non-hydrogen) atoms. The lowest BCUT2D eigenvalue weighted by atomic mass is 10.2. The molecule has 54 valence electrons. The van der Waals surface area contributed by atoms with Gasteiger partial charge in [0.2, 0.25) is 0 Å². The second-order valence-corrected chi connectivity index (χ2v) is 2.48. The molecule has 0 fully saturated rings. The average Bonchev–Trinajstić information content (AvgIpc) is 2.27. The van der Waals surface area contributed by atoms with Crippen molar-refractivity contribution in [2.75, 3.05) is 13.1 Å². The summed E-state index contributed by atoms with van der Waals surface area (Å²) >= 11 is 0. The van der Waals surface area contributed by atoms with E-state index < -0.39 is 0 Å². The van der Waals surface area contributed by atoms with Crippen molar-refractivity contribution in [2.24, 2.45) is 0 Å². The molecule has 0 spiro atoms. The van der Waals surface area contributed by atoms with Gasteiger partial charge in [-0.1, -0.05) is 0 Å². The number of rotatable bonds is 0. The van der Waals surface area contributed by atoms with Crippen LogP contribution in [0.3, 0.4) is 0 Å². The minimum Gasteiger partial charge on any atom is -0.443 e. The first-order valence-electron chi connectivity index (χ1n) is 3.43. The third kappa shape index (κ3) is 0.789. The second kappa shape index (κ2) is 2.02. The number of hydrogen-bond donors (Lipinski definition) is 2. The molecule has 0 amide bonds. The summed E-state index contributed by atoms with van der Waals surface area (Å²) in [6, 6.07) is 0. The maximum atomic E-state index is 5.28. The van der Waals surface area contributed by atoms with Crippen molar-refractivity contribution in [3.8, 4) is 0 Å². The molecule has 0 aromatic rings. The molecule has 0 unspecified atom stereocenters. The summed E-state index contributed by atoms with van der Waals surface area (Å²) < 4.78 is 5.28. The molecule has 3 nitrogen and oxygen atoms in total. The van der Waals surface area contributed by atoms with Gasteiger partial charge in [-0.05, 0) is 6.58 Å². The minimum atomic E-state index is 0.661. The van der Waals surface area contributed by atoms with Crippen LogP contribution < -0.4 is 10.6 Å². The van der Waals surface area contributed by atoms with Gasteiger partial charge in [-0.15, -0.1) is 0 Å². The van der Waals surface area contributed by atoms with Gasteiger partial charge in [-0.25, -0.2) is 0 Å². The lowest BCUT2D eigenvalue weighted by Crippen LogP contribution is -2.25. The molecule has 0 aromatic heterocycles. The van der Waals surface area contributed by atoms with Crippen LogP contribution in [0.4, 0.5) is 0 Å². The first-order chi connectivity index (χ1) is 4.86. The van der Waals surface area contributed by atoms with Gasteiger partial charge in [-0.2, -0.15) is 0 Å². The predicted molar refractivity (Wildman–Crippen MR) is 37.9 cm³/mol. The van der Waals surface area contributed by atoms with Gasteiger partial charge in [0.1, 0.15) is 5.76 Å². The van der Waals surface area contributed by atoms with E-state index in [1.807, 2.05) is 0 Å². The molecule has 2 N–H and O–H groups in total. The van der Waals surface area contributed by atoms with E-state index in [0.717, 1.165) is 25.3 Å². The monoisotopic (exact) mass is 138 g/mol. The molecule has 0 atom stereocenters. The van der Waals surface area contributed by atoms with Crippen molar-refractivity contribution < 1.29 is 4.74 Å². The Balaban J connectivity index is 2.20. The summed E-state index contributed by atoms with van der Waals surface area (Å²) in [7, 11) is 0. The summed E-state index contributed by atoms with van der Waals surface area (Å²) in [6.07, 6.45) is 1.02. The van der Waals surface area contributed by atoms with Gasteiger partial charge in [0.05, 0.1) is 12.2 Å². The van der Waals surface area contributed by atoms with Crippen molar-refractivity contribution in [2.45, 2.75) is 6.42 Å². The SMILES string of the molecule is C=C1NC2=C(CNCC2)O1. The highest BCUT2D eigenvalue weighted by molar-refractivity contribution is 5.21. The topological polar surface area (TPSA) is 33.3 Å². The fourth-order valence-electron chi connectivity index (χ4n) is 1.23. The number of nitrogens with one attached hydrogen (secondary N) is 2. The standard InChI is InChI=1S/C7H10N2O/c1-5-9-6-2-3-8-4-7(6)10-5/h8-9H,1-4H2. The van der Waals surface area contributed by atoms with Crippen LogP contribution in [0.5, 0.6) is 0 Å². The highest BCUT2D eigenvalue weighted by Crippen LogP contribution is 2.20. The molecule has 0 bridgehead atoms. The van der Waals surface area contributed by atoms with Crippen LogP contribution in [0.1, 0.15) is 6.42 Å². The fraction of sp³-hybridized carbons (Fsp3) is 0.429. The summed E-state index contributed by atoms with van der Waals surface area (Å²) in [5, 5.41) is 6.29. The first-order valence-corrected chi connectivity index (χ1v) is 3.43. The summed E-state index contributed by atoms with van der Waals surface area (Å²) in [5.74, 6) is 1.67. The van der Waals surface area contributed by atoms with E-state index in [2.05, 4.69) is 17.2 Å². The Morgan fingerprint density at radius 1 is 1.50 bits per heavy atom. The normalized spacial score (nSPS) is 23.8. The van der Waals surface area contributed by atoms with E-state index in [9.17, 15) is 0 Å². The molecule has 2 aliphatic heterocycles. The van der Waals surface area contributed by atoms with Gasteiger partial charge >= 0.3 is 0 Å². The summed E-state index contributed by atoms with van der Waals surface area (Å²) in [5.41, 5.74) is 1.20. The third-order valence-corrected chi connectivity index (χ3v) is 1.71. The second-order valence-electron chi connectivity index (χ2n) is 2.48. The molecule has 0 saturated heterocycles. The van der Waals surface area contributed by atoms with Crippen LogP contribution >= 0.6 is 0 Å². The zero-order chi connectivity index (χ0) is 6.97. The molecule has 2 rings (SSSR count). The van der Waals surface area contributed by atoms with Crippen LogP contribution in [0.25, 0.3) is 0 Å². The van der Waals surface area contributed by atoms with Crippen molar-refractivity contribution in [3.05, 3.63) is 23.9 Å². The maximum Gasteiger partial charge on any atom is 0.190 e. The van der Waals surface area contributed by atoms with Gasteiger partial charge in [-0.3, -0.25) is 0 Å². The van der Waals surface area contributed by atoms with Gasteiger partial charge in [0.15, 0.2) is 5.88 Å². The number of hydrogen-bond acceptors (Lipinski definition) is 3. The molecule has 0 radical (unpaired) electrons. The number of ether oxygens (including phenoxy) is 1. The van der Waals surface area contributed by atoms with Crippen molar-refractivity contribution in [1.82, 2.24) is 10.6 Å². The Kier molecular flexibility index (Phi) is 1.17. The average molecular weight is 138 g/mol. The van der Waals surface area contributed by atoms with Crippen LogP contribution in [0.15, 0.2) is 23.9 Å². The third-order valence-electron chi connectivity index (χ3n) is 1.71. The van der Waals surface area contributed by atoms with Gasteiger partial charge in [0, 0.05) is 13.0 Å². The molecule has 3 heteroatoms. The van der Waals surface area contributed by atoms with E-state index in [4.69, 9.17) is 4.74 Å². The van der Waals surface area contributed by atoms with Crippen molar-refractivity contribution in [3.63, 3.8) is 0 Å². The van der Waals surface area contributed by atoms with E-state index in [1.165, 1.54) is 5.70 Å². The predicted octanol–water partition coefficient (Wildman–Crippen LogP) is 0.282. The van der Waals surface area contributed by atoms with Crippen molar-refractivity contribution >= 4 is 0 Å². The highest BCUT2D eigenvalue weighted by atomic mass is 16.5. The lowest BCUT2D eigenvalue weighted by Gasteiger charge is -2.11. The van der Waals surface area contributed by atoms with Crippen LogP contribution in [0.2, 0.25) is 0 Å². The Hall–Kier alpha value is -0.960. The Labute approximate surface area is 59.8 Å². The van der Waals surface area contributed by atoms with Crippen LogP contribution in [-0.4, -0.2) is 13.1 Å². The largest absolute Gasteiger partial charge is 0.443 e. The fourth-order valence-corrected chi connectivity index (χ4v) is 1.23. The smallest absolute Gasteiger partial charge is 0.190 e. The van der Waals surface area contributed by atoms with E-state index in [-0.39, 0.29) is 0 Å². The molecule has 0 saturated carbocycles. The van der Waals surface area contributed by atoms with E-state index >= 15 is 0 Å². The summed E-state index contributed by atoms with van der Waals surface area (Å²) in [6.45, 7) is 5.54. The van der Waals surface area contributed by atoms with Crippen LogP contribution in [-0.2, 0) is 4.74 Å². The van der Waals surface area contributed by atoms with Crippen LogP contribution in [0, 0.1) is 0 Å². The molecule has 2 aliphatic rings. The Morgan fingerprint density at radius 2 is 2.40 bits per heavy atom. The molecular weight excluding hydrogens is 128 g/mol. The van der Waals surface area contributed by atoms with E-state index in [0.29, 0.717) is 5.88 Å². The van der Waals surface area contributed by atoms with Crippen molar-refractivity contribution in [1.29, 1.82) is 0 Å². The zero-order valence-electron chi connectivity index (χ0n) is 5.74. The van der Waals surface area contributed by atoms with E-state index in [1.54, 1.807) is 0 Å². The highest BCUT2D eigenvalue weighted by Gasteiger charge is 2.20. The van der Waals surface area contributed by atoms with Gasteiger partial charge in [0.25, 0.3) is 0 Å². The molecule has 0 aromatic carbocycles.